The number of sulfonamides is 1. The maximum atomic E-state index is 12.7. The van der Waals surface area contributed by atoms with Gasteiger partial charge in [0, 0.05) is 23.5 Å². The van der Waals surface area contributed by atoms with E-state index in [1.165, 1.54) is 12.1 Å². The van der Waals surface area contributed by atoms with E-state index in [0.29, 0.717) is 29.2 Å². The van der Waals surface area contributed by atoms with Gasteiger partial charge in [0.05, 0.1) is 16.3 Å². The number of hydrogen-bond donors (Lipinski definition) is 2. The van der Waals surface area contributed by atoms with Crippen LogP contribution in [-0.2, 0) is 19.6 Å². The number of benzene rings is 2. The minimum Gasteiger partial charge on any atom is -0.369 e. The van der Waals surface area contributed by atoms with Crippen molar-refractivity contribution in [2.24, 2.45) is 5.73 Å². The molecular formula is C18H19N3O4S2. The van der Waals surface area contributed by atoms with Gasteiger partial charge in [0.15, 0.2) is 0 Å². The van der Waals surface area contributed by atoms with Crippen LogP contribution in [0.2, 0.25) is 0 Å². The highest BCUT2D eigenvalue weighted by atomic mass is 32.2. The Morgan fingerprint density at radius 3 is 2.48 bits per heavy atom. The lowest BCUT2D eigenvalue weighted by atomic mass is 10.3. The molecule has 3 N–H and O–H groups in total. The van der Waals surface area contributed by atoms with Gasteiger partial charge >= 0.3 is 0 Å². The minimum atomic E-state index is -3.81. The third-order valence-corrected chi connectivity index (χ3v) is 6.51. The molecule has 1 aliphatic heterocycles. The van der Waals surface area contributed by atoms with Crippen molar-refractivity contribution in [1.29, 1.82) is 0 Å². The zero-order valence-electron chi connectivity index (χ0n) is 14.4. The molecule has 0 bridgehead atoms. The van der Waals surface area contributed by atoms with Crippen molar-refractivity contribution in [2.75, 3.05) is 21.9 Å². The molecule has 2 amide bonds. The Bertz CT molecular complexity index is 959. The molecule has 142 valence electrons. The summed E-state index contributed by atoms with van der Waals surface area (Å²) in [6.07, 6.45) is 1.32. The predicted octanol–water partition coefficient (Wildman–Crippen LogP) is 2.19. The second-order valence-corrected chi connectivity index (χ2v) is 8.70. The molecule has 0 atom stereocenters. The van der Waals surface area contributed by atoms with Gasteiger partial charge in [-0.05, 0) is 42.8 Å². The van der Waals surface area contributed by atoms with E-state index in [2.05, 4.69) is 4.72 Å². The molecule has 0 saturated carbocycles. The first-order valence-corrected chi connectivity index (χ1v) is 10.8. The number of anilines is 2. The van der Waals surface area contributed by atoms with Crippen molar-refractivity contribution < 1.29 is 18.0 Å². The second-order valence-electron chi connectivity index (χ2n) is 6.00. The van der Waals surface area contributed by atoms with Gasteiger partial charge < -0.3 is 10.6 Å². The summed E-state index contributed by atoms with van der Waals surface area (Å²) < 4.78 is 27.9. The van der Waals surface area contributed by atoms with Gasteiger partial charge in [-0.2, -0.15) is 0 Å². The average molecular weight is 406 g/mol. The van der Waals surface area contributed by atoms with Crippen molar-refractivity contribution in [3.63, 3.8) is 0 Å². The fourth-order valence-electron chi connectivity index (χ4n) is 2.76. The first kappa shape index (κ1) is 19.2. The highest BCUT2D eigenvalue weighted by molar-refractivity contribution is 8.00. The monoisotopic (exact) mass is 405 g/mol. The Labute approximate surface area is 162 Å². The van der Waals surface area contributed by atoms with Crippen molar-refractivity contribution in [3.8, 4) is 0 Å². The number of amides is 2. The van der Waals surface area contributed by atoms with E-state index in [0.717, 1.165) is 18.2 Å². The van der Waals surface area contributed by atoms with Gasteiger partial charge in [-0.3, -0.25) is 14.3 Å². The number of carbonyl (C=O) groups is 2. The zero-order chi connectivity index (χ0) is 19.4. The molecule has 3 rings (SSSR count). The summed E-state index contributed by atoms with van der Waals surface area (Å²) in [5.41, 5.74) is 6.22. The standard InChI is InChI=1S/C18H19N3O4S2/c19-17(22)12-26-16-5-2-1-4-15(16)20-27(24,25)14-9-7-13(8-10-14)21-11-3-6-18(21)23/h1-2,4-5,7-10,20H,3,6,11-12H2,(H2,19,22). The van der Waals surface area contributed by atoms with Crippen LogP contribution in [0.3, 0.4) is 0 Å². The molecule has 2 aromatic carbocycles. The van der Waals surface area contributed by atoms with Crippen LogP contribution >= 0.6 is 11.8 Å². The number of nitrogens with zero attached hydrogens (tertiary/aromatic N) is 1. The van der Waals surface area contributed by atoms with Crippen molar-refractivity contribution in [2.45, 2.75) is 22.6 Å². The first-order valence-electron chi connectivity index (χ1n) is 8.30. The lowest BCUT2D eigenvalue weighted by molar-refractivity contribution is -0.117. The number of nitrogens with two attached hydrogens (primary N) is 1. The minimum absolute atomic E-state index is 0.0455. The summed E-state index contributed by atoms with van der Waals surface area (Å²) in [5.74, 6) is -0.383. The fourth-order valence-corrected chi connectivity index (χ4v) is 4.65. The molecule has 0 spiro atoms. The number of para-hydroxylation sites is 1. The lowest BCUT2D eigenvalue weighted by Crippen LogP contribution is -2.23. The number of thioether (sulfide) groups is 1. The van der Waals surface area contributed by atoms with E-state index in [1.807, 2.05) is 0 Å². The first-order chi connectivity index (χ1) is 12.9. The van der Waals surface area contributed by atoms with E-state index >= 15 is 0 Å². The summed E-state index contributed by atoms with van der Waals surface area (Å²) in [6, 6.07) is 13.0. The average Bonchev–Trinajstić information content (AvgIpc) is 3.07. The van der Waals surface area contributed by atoms with Crippen LogP contribution in [0.4, 0.5) is 11.4 Å². The van der Waals surface area contributed by atoms with Gasteiger partial charge in [0.25, 0.3) is 10.0 Å². The molecule has 2 aromatic rings. The molecule has 1 aliphatic rings. The summed E-state index contributed by atoms with van der Waals surface area (Å²) in [6.45, 7) is 0.646. The van der Waals surface area contributed by atoms with E-state index in [1.54, 1.807) is 41.3 Å². The number of hydrogen-bond acceptors (Lipinski definition) is 5. The molecular weight excluding hydrogens is 386 g/mol. The van der Waals surface area contributed by atoms with Gasteiger partial charge in [-0.15, -0.1) is 11.8 Å². The molecule has 1 saturated heterocycles. The van der Waals surface area contributed by atoms with Crippen LogP contribution < -0.4 is 15.4 Å². The molecule has 0 unspecified atom stereocenters. The largest absolute Gasteiger partial charge is 0.369 e. The number of rotatable bonds is 7. The number of carbonyl (C=O) groups excluding carboxylic acids is 2. The predicted molar refractivity (Wildman–Crippen MR) is 105 cm³/mol. The summed E-state index contributed by atoms with van der Waals surface area (Å²) >= 11 is 1.16. The SMILES string of the molecule is NC(=O)CSc1ccccc1NS(=O)(=O)c1ccc(N2CCCC2=O)cc1. The van der Waals surface area contributed by atoms with Crippen LogP contribution in [0, 0.1) is 0 Å². The summed E-state index contributed by atoms with van der Waals surface area (Å²) in [4.78, 5) is 25.1. The normalized spacial score (nSPS) is 14.4. The maximum absolute atomic E-state index is 12.7. The Hall–Kier alpha value is -2.52. The number of primary amides is 1. The molecule has 0 aliphatic carbocycles. The van der Waals surface area contributed by atoms with Crippen LogP contribution in [0.5, 0.6) is 0 Å². The van der Waals surface area contributed by atoms with Crippen LogP contribution in [0.25, 0.3) is 0 Å². The third kappa shape index (κ3) is 4.61. The zero-order valence-corrected chi connectivity index (χ0v) is 16.1. The molecule has 1 fully saturated rings. The smallest absolute Gasteiger partial charge is 0.261 e. The van der Waals surface area contributed by atoms with Crippen molar-refractivity contribution in [3.05, 3.63) is 48.5 Å². The van der Waals surface area contributed by atoms with Crippen LogP contribution in [0.15, 0.2) is 58.3 Å². The lowest BCUT2D eigenvalue weighted by Gasteiger charge is -2.16. The number of nitrogens with one attached hydrogen (secondary N) is 1. The van der Waals surface area contributed by atoms with E-state index in [-0.39, 0.29) is 16.6 Å². The van der Waals surface area contributed by atoms with Gasteiger partial charge in [0.1, 0.15) is 0 Å². The van der Waals surface area contributed by atoms with Crippen LogP contribution in [0.1, 0.15) is 12.8 Å². The Morgan fingerprint density at radius 2 is 1.85 bits per heavy atom. The molecule has 1 heterocycles. The van der Waals surface area contributed by atoms with Crippen molar-refractivity contribution >= 4 is 45.0 Å². The quantitative estimate of drug-likeness (QED) is 0.686. The van der Waals surface area contributed by atoms with Gasteiger partial charge in [-0.1, -0.05) is 12.1 Å². The van der Waals surface area contributed by atoms with E-state index in [9.17, 15) is 18.0 Å². The Morgan fingerprint density at radius 1 is 1.15 bits per heavy atom. The molecule has 0 aromatic heterocycles. The molecule has 9 heteroatoms. The molecule has 0 radical (unpaired) electrons. The third-order valence-electron chi connectivity index (χ3n) is 4.03. The van der Waals surface area contributed by atoms with E-state index < -0.39 is 15.9 Å². The summed E-state index contributed by atoms with van der Waals surface area (Å²) in [7, 11) is -3.81. The van der Waals surface area contributed by atoms with Gasteiger partial charge in [0.2, 0.25) is 11.8 Å². The topological polar surface area (TPSA) is 110 Å². The van der Waals surface area contributed by atoms with Crippen molar-refractivity contribution in [1.82, 2.24) is 0 Å². The summed E-state index contributed by atoms with van der Waals surface area (Å²) in [5, 5.41) is 0. The second kappa shape index (κ2) is 8.01. The van der Waals surface area contributed by atoms with Gasteiger partial charge in [-0.25, -0.2) is 8.42 Å². The van der Waals surface area contributed by atoms with Crippen LogP contribution in [-0.4, -0.2) is 32.5 Å². The molecule has 7 nitrogen and oxygen atoms in total. The highest BCUT2D eigenvalue weighted by Crippen LogP contribution is 2.29. The maximum Gasteiger partial charge on any atom is 0.261 e. The Balaban J connectivity index is 1.79. The molecule has 27 heavy (non-hydrogen) atoms. The van der Waals surface area contributed by atoms with E-state index in [4.69, 9.17) is 5.73 Å². The highest BCUT2D eigenvalue weighted by Gasteiger charge is 2.22. The fraction of sp³-hybridized carbons (Fsp3) is 0.222. The Kier molecular flexibility index (Phi) is 5.71.